The summed E-state index contributed by atoms with van der Waals surface area (Å²) < 4.78 is 0. The summed E-state index contributed by atoms with van der Waals surface area (Å²) >= 11 is 0. The Morgan fingerprint density at radius 1 is 1.35 bits per heavy atom. The van der Waals surface area contributed by atoms with Gasteiger partial charge < -0.3 is 10.2 Å². The SMILES string of the molecule is CCC(Nc1ccc(N(C)C)cc1C)C1CC1. The molecule has 1 aromatic rings. The minimum Gasteiger partial charge on any atom is -0.382 e. The smallest absolute Gasteiger partial charge is 0.0373 e. The number of benzene rings is 1. The topological polar surface area (TPSA) is 15.3 Å². The second-order valence-electron chi connectivity index (χ2n) is 5.39. The molecule has 1 unspecified atom stereocenters. The molecule has 1 fully saturated rings. The zero-order valence-electron chi connectivity index (χ0n) is 11.5. The van der Waals surface area contributed by atoms with Gasteiger partial charge in [0.15, 0.2) is 0 Å². The Morgan fingerprint density at radius 2 is 2.06 bits per heavy atom. The molecule has 1 atom stereocenters. The number of hydrogen-bond acceptors (Lipinski definition) is 2. The number of nitrogens with zero attached hydrogens (tertiary/aromatic N) is 1. The summed E-state index contributed by atoms with van der Waals surface area (Å²) in [5.74, 6) is 0.910. The van der Waals surface area contributed by atoms with Crippen LogP contribution < -0.4 is 10.2 Å². The van der Waals surface area contributed by atoms with E-state index in [9.17, 15) is 0 Å². The van der Waals surface area contributed by atoms with Crippen molar-refractivity contribution in [3.8, 4) is 0 Å². The molecule has 1 N–H and O–H groups in total. The molecule has 1 aliphatic carbocycles. The van der Waals surface area contributed by atoms with Crippen molar-refractivity contribution in [2.24, 2.45) is 5.92 Å². The molecule has 2 nitrogen and oxygen atoms in total. The van der Waals surface area contributed by atoms with Crippen LogP contribution in [0.5, 0.6) is 0 Å². The largest absolute Gasteiger partial charge is 0.382 e. The molecule has 1 aliphatic rings. The summed E-state index contributed by atoms with van der Waals surface area (Å²) in [6, 6.07) is 7.32. The summed E-state index contributed by atoms with van der Waals surface area (Å²) in [6.45, 7) is 4.47. The van der Waals surface area contributed by atoms with Gasteiger partial charge in [-0.2, -0.15) is 0 Å². The zero-order chi connectivity index (χ0) is 12.4. The molecule has 0 aromatic heterocycles. The third-order valence-electron chi connectivity index (χ3n) is 3.70. The molecular weight excluding hydrogens is 208 g/mol. The maximum atomic E-state index is 3.71. The van der Waals surface area contributed by atoms with E-state index in [4.69, 9.17) is 0 Å². The number of nitrogens with one attached hydrogen (secondary N) is 1. The van der Waals surface area contributed by atoms with Crippen LogP contribution in [-0.2, 0) is 0 Å². The van der Waals surface area contributed by atoms with Gasteiger partial charge in [0.1, 0.15) is 0 Å². The van der Waals surface area contributed by atoms with Gasteiger partial charge in [-0.1, -0.05) is 6.92 Å². The van der Waals surface area contributed by atoms with Gasteiger partial charge in [0, 0.05) is 31.5 Å². The molecule has 1 saturated carbocycles. The molecule has 1 aromatic carbocycles. The molecule has 0 spiro atoms. The molecular formula is C15H24N2. The van der Waals surface area contributed by atoms with Gasteiger partial charge >= 0.3 is 0 Å². The highest BCUT2D eigenvalue weighted by Crippen LogP contribution is 2.36. The minimum atomic E-state index is 0.666. The van der Waals surface area contributed by atoms with E-state index in [1.54, 1.807) is 0 Å². The first-order valence-electron chi connectivity index (χ1n) is 6.66. The fraction of sp³-hybridized carbons (Fsp3) is 0.600. The Balaban J connectivity index is 2.10. The first kappa shape index (κ1) is 12.3. The van der Waals surface area contributed by atoms with Gasteiger partial charge in [0.05, 0.1) is 0 Å². The van der Waals surface area contributed by atoms with Gasteiger partial charge in [-0.3, -0.25) is 0 Å². The highest BCUT2D eigenvalue weighted by Gasteiger charge is 2.29. The van der Waals surface area contributed by atoms with Gasteiger partial charge in [-0.05, 0) is 55.9 Å². The van der Waals surface area contributed by atoms with Crippen LogP contribution in [0.2, 0.25) is 0 Å². The number of anilines is 2. The van der Waals surface area contributed by atoms with E-state index < -0.39 is 0 Å². The monoisotopic (exact) mass is 232 g/mol. The van der Waals surface area contributed by atoms with E-state index in [-0.39, 0.29) is 0 Å². The molecule has 94 valence electrons. The molecule has 0 heterocycles. The first-order chi connectivity index (χ1) is 8.11. The average Bonchev–Trinajstić information content (AvgIpc) is 3.11. The Kier molecular flexibility index (Phi) is 3.60. The number of aryl methyl sites for hydroxylation is 1. The fourth-order valence-corrected chi connectivity index (χ4v) is 2.34. The van der Waals surface area contributed by atoms with Gasteiger partial charge in [-0.15, -0.1) is 0 Å². The van der Waals surface area contributed by atoms with Crippen molar-refractivity contribution >= 4 is 11.4 Å². The lowest BCUT2D eigenvalue weighted by Crippen LogP contribution is -2.21. The second-order valence-corrected chi connectivity index (χ2v) is 5.39. The van der Waals surface area contributed by atoms with Crippen LogP contribution in [0.1, 0.15) is 31.7 Å². The van der Waals surface area contributed by atoms with Crippen molar-refractivity contribution in [1.29, 1.82) is 0 Å². The summed E-state index contributed by atoms with van der Waals surface area (Å²) in [4.78, 5) is 2.15. The van der Waals surface area contributed by atoms with Crippen LogP contribution >= 0.6 is 0 Å². The summed E-state index contributed by atoms with van der Waals surface area (Å²) in [7, 11) is 4.17. The minimum absolute atomic E-state index is 0.666. The fourth-order valence-electron chi connectivity index (χ4n) is 2.34. The quantitative estimate of drug-likeness (QED) is 0.833. The van der Waals surface area contributed by atoms with Crippen LogP contribution in [0, 0.1) is 12.8 Å². The maximum absolute atomic E-state index is 3.71. The summed E-state index contributed by atoms with van der Waals surface area (Å²) in [5, 5.41) is 3.71. The van der Waals surface area contributed by atoms with E-state index in [1.165, 1.54) is 36.2 Å². The molecule has 2 rings (SSSR count). The van der Waals surface area contributed by atoms with Crippen molar-refractivity contribution < 1.29 is 0 Å². The normalized spacial score (nSPS) is 16.7. The lowest BCUT2D eigenvalue weighted by molar-refractivity contribution is 0.616. The molecule has 0 bridgehead atoms. The lowest BCUT2D eigenvalue weighted by Gasteiger charge is -2.21. The van der Waals surface area contributed by atoms with Crippen LogP contribution in [-0.4, -0.2) is 20.1 Å². The van der Waals surface area contributed by atoms with Crippen molar-refractivity contribution in [3.05, 3.63) is 23.8 Å². The average molecular weight is 232 g/mol. The van der Waals surface area contributed by atoms with Crippen molar-refractivity contribution in [2.45, 2.75) is 39.2 Å². The standard InChI is InChI=1S/C15H24N2/c1-5-14(12-6-7-12)16-15-9-8-13(17(3)4)10-11(15)2/h8-10,12,14,16H,5-7H2,1-4H3. The van der Waals surface area contributed by atoms with Crippen molar-refractivity contribution in [2.75, 3.05) is 24.3 Å². The Morgan fingerprint density at radius 3 is 2.53 bits per heavy atom. The predicted molar refractivity (Wildman–Crippen MR) is 75.9 cm³/mol. The van der Waals surface area contributed by atoms with Gasteiger partial charge in [0.2, 0.25) is 0 Å². The third-order valence-corrected chi connectivity index (χ3v) is 3.70. The summed E-state index contributed by atoms with van der Waals surface area (Å²) in [5.41, 5.74) is 3.91. The molecule has 2 heteroatoms. The highest BCUT2D eigenvalue weighted by atomic mass is 15.1. The zero-order valence-corrected chi connectivity index (χ0v) is 11.5. The second kappa shape index (κ2) is 4.99. The van der Waals surface area contributed by atoms with Crippen molar-refractivity contribution in [3.63, 3.8) is 0 Å². The molecule has 17 heavy (non-hydrogen) atoms. The van der Waals surface area contributed by atoms with E-state index in [0.29, 0.717) is 6.04 Å². The Hall–Kier alpha value is -1.18. The van der Waals surface area contributed by atoms with Crippen LogP contribution in [0.25, 0.3) is 0 Å². The molecule has 0 saturated heterocycles. The maximum Gasteiger partial charge on any atom is 0.0373 e. The van der Waals surface area contributed by atoms with Crippen LogP contribution in [0.4, 0.5) is 11.4 Å². The lowest BCUT2D eigenvalue weighted by atomic mass is 10.1. The van der Waals surface area contributed by atoms with Crippen molar-refractivity contribution in [1.82, 2.24) is 0 Å². The predicted octanol–water partition coefficient (Wildman–Crippen LogP) is 3.66. The van der Waals surface area contributed by atoms with Crippen LogP contribution in [0.3, 0.4) is 0 Å². The number of rotatable bonds is 5. The van der Waals surface area contributed by atoms with Crippen LogP contribution in [0.15, 0.2) is 18.2 Å². The molecule has 0 amide bonds. The third kappa shape index (κ3) is 2.93. The Labute approximate surface area is 105 Å². The van der Waals surface area contributed by atoms with E-state index in [2.05, 4.69) is 56.4 Å². The molecule has 0 radical (unpaired) electrons. The first-order valence-corrected chi connectivity index (χ1v) is 6.66. The highest BCUT2D eigenvalue weighted by molar-refractivity contribution is 5.60. The Bertz CT molecular complexity index is 381. The van der Waals surface area contributed by atoms with Gasteiger partial charge in [0.25, 0.3) is 0 Å². The summed E-state index contributed by atoms with van der Waals surface area (Å²) in [6.07, 6.45) is 4.03. The molecule has 0 aliphatic heterocycles. The number of hydrogen-bond donors (Lipinski definition) is 1. The van der Waals surface area contributed by atoms with E-state index >= 15 is 0 Å². The van der Waals surface area contributed by atoms with Gasteiger partial charge in [-0.25, -0.2) is 0 Å². The van der Waals surface area contributed by atoms with E-state index in [1.807, 2.05) is 0 Å². The van der Waals surface area contributed by atoms with E-state index in [0.717, 1.165) is 5.92 Å².